The normalized spacial score (nSPS) is 7.77. The topological polar surface area (TPSA) is 0 Å². The molecule has 0 heterocycles. The Bertz CT molecular complexity index is 161. The van der Waals surface area contributed by atoms with Gasteiger partial charge in [0.15, 0.2) is 0 Å². The number of hydrogen-bond donors (Lipinski definition) is 0. The van der Waals surface area contributed by atoms with Crippen molar-refractivity contribution in [3.05, 3.63) is 29.8 Å². The molecule has 0 saturated heterocycles. The minimum absolute atomic E-state index is 0. The zero-order valence-corrected chi connectivity index (χ0v) is 13.0. The van der Waals surface area contributed by atoms with Gasteiger partial charge in [0.25, 0.3) is 0 Å². The molecule has 0 saturated carbocycles. The maximum Gasteiger partial charge on any atom is 0 e. The van der Waals surface area contributed by atoms with Gasteiger partial charge in [-0.2, -0.15) is 17.7 Å². The molecule has 0 unspecified atom stereocenters. The van der Waals surface area contributed by atoms with E-state index >= 15 is 0 Å². The van der Waals surface area contributed by atoms with Crippen LogP contribution in [0.3, 0.4) is 0 Å². The Morgan fingerprint density at radius 3 is 2.00 bits per heavy atom. The van der Waals surface area contributed by atoms with Crippen molar-refractivity contribution in [1.82, 2.24) is 0 Å². The van der Waals surface area contributed by atoms with Gasteiger partial charge in [0.05, 0.1) is 0 Å². The van der Waals surface area contributed by atoms with Crippen molar-refractivity contribution in [2.45, 2.75) is 32.6 Å². The Morgan fingerprint density at radius 1 is 1.00 bits per heavy atom. The molecule has 1 aromatic rings. The largest absolute Gasteiger partial charge is 1.00 e. The number of rotatable bonds is 4. The van der Waals surface area contributed by atoms with E-state index in [4.69, 9.17) is 0 Å². The molecule has 13 heavy (non-hydrogen) atoms. The van der Waals surface area contributed by atoms with Crippen molar-refractivity contribution >= 4 is 0 Å². The van der Waals surface area contributed by atoms with Crippen molar-refractivity contribution in [2.75, 3.05) is 0 Å². The van der Waals surface area contributed by atoms with Gasteiger partial charge >= 0.3 is 0 Å². The molecule has 0 aromatic heterocycles. The first kappa shape index (κ1) is 19.4. The second-order valence-corrected chi connectivity index (χ2v) is 2.75. The standard InChI is InChI=1S/C10H15.2ClH.Hf/c1-2-3-4-7-10-8-5-6-9-10;;;/h5-6,8-9H,2-4,7H2,1H3;2*1H;/q-1;;;/p-2. The molecule has 0 aliphatic carbocycles. The molecule has 0 atom stereocenters. The SMILES string of the molecule is CCCCC[c-]1cccc1.[Cl-].[Cl-].[Hf]. The predicted octanol–water partition coefficient (Wildman–Crippen LogP) is -2.86. The summed E-state index contributed by atoms with van der Waals surface area (Å²) in [6, 6.07) is 8.63. The van der Waals surface area contributed by atoms with Crippen molar-refractivity contribution in [3.63, 3.8) is 0 Å². The molecule has 0 N–H and O–H groups in total. The third kappa shape index (κ3) is 9.11. The summed E-state index contributed by atoms with van der Waals surface area (Å²) >= 11 is 0. The van der Waals surface area contributed by atoms with E-state index in [0.717, 1.165) is 0 Å². The third-order valence-electron chi connectivity index (χ3n) is 1.80. The van der Waals surface area contributed by atoms with Crippen molar-refractivity contribution in [1.29, 1.82) is 0 Å². The third-order valence-corrected chi connectivity index (χ3v) is 1.80. The minimum Gasteiger partial charge on any atom is -1.00 e. The van der Waals surface area contributed by atoms with Gasteiger partial charge in [-0.25, -0.2) is 12.1 Å². The van der Waals surface area contributed by atoms with Gasteiger partial charge < -0.3 is 24.8 Å². The van der Waals surface area contributed by atoms with Crippen LogP contribution in [0.2, 0.25) is 0 Å². The molecule has 3 heteroatoms. The second-order valence-electron chi connectivity index (χ2n) is 2.75. The van der Waals surface area contributed by atoms with E-state index < -0.39 is 0 Å². The Kier molecular flexibility index (Phi) is 19.1. The molecule has 0 spiro atoms. The monoisotopic (exact) mass is 385 g/mol. The molecule has 1 aromatic carbocycles. The number of halogens is 2. The van der Waals surface area contributed by atoms with Gasteiger partial charge in [-0.1, -0.05) is 32.6 Å². The summed E-state index contributed by atoms with van der Waals surface area (Å²) in [6.45, 7) is 2.24. The van der Waals surface area contributed by atoms with Gasteiger partial charge in [0.1, 0.15) is 0 Å². The van der Waals surface area contributed by atoms with Crippen LogP contribution in [0.15, 0.2) is 24.3 Å². The minimum atomic E-state index is 0. The molecule has 0 bridgehead atoms. The number of aryl methyl sites for hydroxylation is 1. The summed E-state index contributed by atoms with van der Waals surface area (Å²) in [5.74, 6) is 0. The molecule has 0 nitrogen and oxygen atoms in total. The van der Waals surface area contributed by atoms with E-state index in [9.17, 15) is 0 Å². The van der Waals surface area contributed by atoms with Crippen LogP contribution in [0.5, 0.6) is 0 Å². The summed E-state index contributed by atoms with van der Waals surface area (Å²) in [7, 11) is 0. The van der Waals surface area contributed by atoms with Crippen LogP contribution < -0.4 is 24.8 Å². The van der Waals surface area contributed by atoms with Crippen LogP contribution in [0.1, 0.15) is 31.7 Å². The molecular weight excluding hydrogens is 370 g/mol. The average Bonchev–Trinajstić information content (AvgIpc) is 2.41. The zero-order valence-electron chi connectivity index (χ0n) is 7.89. The summed E-state index contributed by atoms with van der Waals surface area (Å²) in [6.07, 6.45) is 5.30. The second kappa shape index (κ2) is 12.8. The summed E-state index contributed by atoms with van der Waals surface area (Å²) in [5, 5.41) is 0. The van der Waals surface area contributed by atoms with Crippen LogP contribution in [0.4, 0.5) is 0 Å². The maximum absolute atomic E-state index is 2.24. The Labute approximate surface area is 112 Å². The molecular formula is C10H15Cl2Hf-3. The van der Waals surface area contributed by atoms with Crippen LogP contribution in [0.25, 0.3) is 0 Å². The Hall–Kier alpha value is 0.800. The molecule has 0 radical (unpaired) electrons. The smallest absolute Gasteiger partial charge is 0 e. The fraction of sp³-hybridized carbons (Fsp3) is 0.500. The van der Waals surface area contributed by atoms with Gasteiger partial charge in [-0.05, 0) is 0 Å². The first-order valence-electron chi connectivity index (χ1n) is 4.14. The molecule has 76 valence electrons. The summed E-state index contributed by atoms with van der Waals surface area (Å²) < 4.78 is 0. The van der Waals surface area contributed by atoms with E-state index in [1.807, 2.05) is 0 Å². The van der Waals surface area contributed by atoms with Crippen LogP contribution in [-0.4, -0.2) is 0 Å². The molecule has 0 amide bonds. The molecule has 0 aliphatic heterocycles. The molecule has 1 rings (SSSR count). The number of hydrogen-bond acceptors (Lipinski definition) is 0. The fourth-order valence-corrected chi connectivity index (χ4v) is 1.16. The predicted molar refractivity (Wildman–Crippen MR) is 45.3 cm³/mol. The Balaban J connectivity index is -0.000000333. The van der Waals surface area contributed by atoms with Gasteiger partial charge in [-0.3, -0.25) is 0 Å². The van der Waals surface area contributed by atoms with E-state index in [0.29, 0.717) is 0 Å². The van der Waals surface area contributed by atoms with Gasteiger partial charge in [0.2, 0.25) is 0 Å². The van der Waals surface area contributed by atoms with Crippen molar-refractivity contribution in [3.8, 4) is 0 Å². The summed E-state index contributed by atoms with van der Waals surface area (Å²) in [4.78, 5) is 0. The number of unbranched alkanes of at least 4 members (excludes halogenated alkanes) is 2. The van der Waals surface area contributed by atoms with E-state index in [1.165, 1.54) is 31.2 Å². The Morgan fingerprint density at radius 2 is 1.54 bits per heavy atom. The first-order chi connectivity index (χ1) is 4.93. The van der Waals surface area contributed by atoms with Crippen LogP contribution in [0, 0.1) is 0 Å². The first-order valence-corrected chi connectivity index (χ1v) is 4.14. The van der Waals surface area contributed by atoms with E-state index in [-0.39, 0.29) is 50.7 Å². The fourth-order valence-electron chi connectivity index (χ4n) is 1.16. The molecule has 0 fully saturated rings. The van der Waals surface area contributed by atoms with Gasteiger partial charge in [0, 0.05) is 25.8 Å². The van der Waals surface area contributed by atoms with Crippen molar-refractivity contribution in [2.24, 2.45) is 0 Å². The van der Waals surface area contributed by atoms with Crippen LogP contribution in [-0.2, 0) is 32.3 Å². The quantitative estimate of drug-likeness (QED) is 0.298. The van der Waals surface area contributed by atoms with E-state index in [1.54, 1.807) is 0 Å². The van der Waals surface area contributed by atoms with E-state index in [2.05, 4.69) is 31.2 Å². The molecule has 0 aliphatic rings. The summed E-state index contributed by atoms with van der Waals surface area (Å²) in [5.41, 5.74) is 1.49. The average molecular weight is 385 g/mol. The maximum atomic E-state index is 2.24. The van der Waals surface area contributed by atoms with Crippen molar-refractivity contribution < 1.29 is 50.7 Å². The van der Waals surface area contributed by atoms with Crippen LogP contribution >= 0.6 is 0 Å². The zero-order chi connectivity index (χ0) is 7.23. The van der Waals surface area contributed by atoms with Gasteiger partial charge in [-0.15, -0.1) is 0 Å².